The maximum atomic E-state index is 12.0. The molecular weight excluding hydrogens is 256 g/mol. The zero-order valence-electron chi connectivity index (χ0n) is 13.2. The predicted molar refractivity (Wildman–Crippen MR) is 79.6 cm³/mol. The number of piperidine rings is 1. The van der Waals surface area contributed by atoms with Crippen LogP contribution in [0, 0.1) is 0 Å². The average molecular weight is 286 g/mol. The Morgan fingerprint density at radius 1 is 1.40 bits per heavy atom. The molecule has 0 bridgehead atoms. The minimum Gasteiger partial charge on any atom is -0.396 e. The molecule has 0 aromatic heterocycles. The van der Waals surface area contributed by atoms with Crippen molar-refractivity contribution in [3.05, 3.63) is 0 Å². The van der Waals surface area contributed by atoms with Crippen LogP contribution in [0.5, 0.6) is 0 Å². The molecule has 1 saturated heterocycles. The van der Waals surface area contributed by atoms with Crippen LogP contribution < -0.4 is 5.32 Å². The lowest BCUT2D eigenvalue weighted by Gasteiger charge is -2.32. The van der Waals surface area contributed by atoms with E-state index in [0.717, 1.165) is 32.4 Å². The Balaban J connectivity index is 2.20. The molecule has 0 radical (unpaired) electrons. The van der Waals surface area contributed by atoms with E-state index in [1.165, 1.54) is 0 Å². The fourth-order valence-electron chi connectivity index (χ4n) is 2.26. The Bertz CT molecular complexity index is 287. The summed E-state index contributed by atoms with van der Waals surface area (Å²) in [5.41, 5.74) is -0.122. The van der Waals surface area contributed by atoms with Crippen molar-refractivity contribution in [2.24, 2.45) is 0 Å². The van der Waals surface area contributed by atoms with Crippen LogP contribution >= 0.6 is 0 Å². The van der Waals surface area contributed by atoms with Crippen molar-refractivity contribution in [3.8, 4) is 0 Å². The summed E-state index contributed by atoms with van der Waals surface area (Å²) in [6, 6.07) is 0. The normalized spacial score (nSPS) is 18.2. The monoisotopic (exact) mass is 286 g/mol. The zero-order valence-corrected chi connectivity index (χ0v) is 13.2. The molecule has 0 atom stereocenters. The van der Waals surface area contributed by atoms with Crippen LogP contribution in [0.15, 0.2) is 0 Å². The van der Waals surface area contributed by atoms with Crippen molar-refractivity contribution >= 4 is 5.91 Å². The molecule has 0 aliphatic carbocycles. The molecule has 20 heavy (non-hydrogen) atoms. The number of hydrogen-bond donors (Lipinski definition) is 2. The van der Waals surface area contributed by atoms with E-state index in [2.05, 4.69) is 17.1 Å². The Morgan fingerprint density at radius 3 is 2.60 bits per heavy atom. The smallest absolute Gasteiger partial charge is 0.234 e. The third-order valence-electron chi connectivity index (χ3n) is 3.92. The number of rotatable bonds is 8. The first-order valence-corrected chi connectivity index (χ1v) is 7.72. The molecule has 118 valence electrons. The first-order valence-electron chi connectivity index (χ1n) is 7.72. The fraction of sp³-hybridized carbons (Fsp3) is 0.933. The van der Waals surface area contributed by atoms with Gasteiger partial charge in [0.1, 0.15) is 0 Å². The van der Waals surface area contributed by atoms with Gasteiger partial charge in [0.15, 0.2) is 0 Å². The Morgan fingerprint density at radius 2 is 2.05 bits per heavy atom. The van der Waals surface area contributed by atoms with Crippen molar-refractivity contribution in [2.45, 2.75) is 58.1 Å². The molecule has 1 fully saturated rings. The summed E-state index contributed by atoms with van der Waals surface area (Å²) in [7, 11) is 0. The molecule has 1 heterocycles. The number of amides is 1. The van der Waals surface area contributed by atoms with Crippen molar-refractivity contribution in [3.63, 3.8) is 0 Å². The molecule has 1 aliphatic rings. The molecule has 0 aromatic carbocycles. The highest BCUT2D eigenvalue weighted by atomic mass is 16.5. The Labute approximate surface area is 122 Å². The van der Waals surface area contributed by atoms with E-state index in [0.29, 0.717) is 19.6 Å². The highest BCUT2D eigenvalue weighted by Crippen LogP contribution is 2.14. The number of aliphatic hydroxyl groups is 1. The lowest BCUT2D eigenvalue weighted by Crippen LogP contribution is -2.49. The highest BCUT2D eigenvalue weighted by molar-refractivity contribution is 5.78. The van der Waals surface area contributed by atoms with Crippen LogP contribution in [0.1, 0.15) is 46.5 Å². The Kier molecular flexibility index (Phi) is 7.48. The van der Waals surface area contributed by atoms with Gasteiger partial charge in [-0.25, -0.2) is 0 Å². The molecule has 5 nitrogen and oxygen atoms in total. The molecule has 0 spiro atoms. The molecular formula is C15H30N2O3. The maximum Gasteiger partial charge on any atom is 0.234 e. The van der Waals surface area contributed by atoms with Crippen molar-refractivity contribution in [1.82, 2.24) is 10.2 Å². The number of nitrogens with one attached hydrogen (secondary N) is 1. The average Bonchev–Trinajstić information content (AvgIpc) is 2.40. The second kappa shape index (κ2) is 8.60. The van der Waals surface area contributed by atoms with E-state index in [4.69, 9.17) is 9.84 Å². The maximum absolute atomic E-state index is 12.0. The highest BCUT2D eigenvalue weighted by Gasteiger charge is 2.23. The number of nitrogens with zero attached hydrogens (tertiary/aromatic N) is 1. The van der Waals surface area contributed by atoms with Crippen molar-refractivity contribution in [2.75, 3.05) is 32.8 Å². The van der Waals surface area contributed by atoms with Gasteiger partial charge >= 0.3 is 0 Å². The third-order valence-corrected chi connectivity index (χ3v) is 3.92. The number of carbonyl (C=O) groups excluding carboxylic acids is 1. The van der Waals surface area contributed by atoms with Crippen LogP contribution in [0.3, 0.4) is 0 Å². The minimum absolute atomic E-state index is 0.108. The molecule has 1 rings (SSSR count). The van der Waals surface area contributed by atoms with Gasteiger partial charge in [-0.1, -0.05) is 6.92 Å². The summed E-state index contributed by atoms with van der Waals surface area (Å²) in [5, 5.41) is 11.8. The van der Waals surface area contributed by atoms with E-state index in [9.17, 15) is 4.79 Å². The predicted octanol–water partition coefficient (Wildman–Crippen LogP) is 1.15. The number of likely N-dealkylation sites (tertiary alicyclic amines) is 1. The van der Waals surface area contributed by atoms with Crippen molar-refractivity contribution in [1.29, 1.82) is 0 Å². The topological polar surface area (TPSA) is 61.8 Å². The zero-order chi connectivity index (χ0) is 15.0. The largest absolute Gasteiger partial charge is 0.396 e. The van der Waals surface area contributed by atoms with Gasteiger partial charge in [0.2, 0.25) is 5.91 Å². The van der Waals surface area contributed by atoms with E-state index in [-0.39, 0.29) is 24.2 Å². The minimum atomic E-state index is -0.122. The van der Waals surface area contributed by atoms with E-state index in [1.807, 2.05) is 13.8 Å². The van der Waals surface area contributed by atoms with Gasteiger partial charge in [0.25, 0.3) is 0 Å². The molecule has 2 N–H and O–H groups in total. The van der Waals surface area contributed by atoms with Gasteiger partial charge in [0.05, 0.1) is 12.6 Å². The summed E-state index contributed by atoms with van der Waals surface area (Å²) >= 11 is 0. The number of hydrogen-bond acceptors (Lipinski definition) is 4. The second-order valence-corrected chi connectivity index (χ2v) is 6.21. The summed E-state index contributed by atoms with van der Waals surface area (Å²) < 4.78 is 5.69. The van der Waals surface area contributed by atoms with Crippen LogP contribution in [-0.4, -0.2) is 60.4 Å². The van der Waals surface area contributed by atoms with E-state index in [1.54, 1.807) is 0 Å². The first-order chi connectivity index (χ1) is 9.46. The van der Waals surface area contributed by atoms with Crippen LogP contribution in [-0.2, 0) is 9.53 Å². The van der Waals surface area contributed by atoms with Gasteiger partial charge in [-0.15, -0.1) is 0 Å². The van der Waals surface area contributed by atoms with Gasteiger partial charge < -0.3 is 15.2 Å². The first kappa shape index (κ1) is 17.4. The van der Waals surface area contributed by atoms with Gasteiger partial charge in [0, 0.05) is 31.8 Å². The molecule has 0 aromatic rings. The SMILES string of the molecule is CCC(C)(C)NC(=O)CN1CCC(OCCCO)CC1. The van der Waals surface area contributed by atoms with E-state index >= 15 is 0 Å². The Hall–Kier alpha value is -0.650. The number of ether oxygens (including phenoxy) is 1. The number of carbonyl (C=O) groups is 1. The van der Waals surface area contributed by atoms with Crippen LogP contribution in [0.4, 0.5) is 0 Å². The standard InChI is InChI=1S/C15H30N2O3/c1-4-15(2,3)16-14(19)12-17-8-6-13(7-9-17)20-11-5-10-18/h13,18H,4-12H2,1-3H3,(H,16,19). The molecule has 5 heteroatoms. The van der Waals surface area contributed by atoms with Gasteiger partial charge in [-0.3, -0.25) is 9.69 Å². The molecule has 0 unspecified atom stereocenters. The lowest BCUT2D eigenvalue weighted by atomic mass is 10.0. The number of aliphatic hydroxyl groups excluding tert-OH is 1. The molecule has 1 aliphatic heterocycles. The summed E-state index contributed by atoms with van der Waals surface area (Å²) in [4.78, 5) is 14.2. The van der Waals surface area contributed by atoms with Crippen molar-refractivity contribution < 1.29 is 14.6 Å². The van der Waals surface area contributed by atoms with Crippen LogP contribution in [0.25, 0.3) is 0 Å². The summed E-state index contributed by atoms with van der Waals surface area (Å²) in [5.74, 6) is 0.108. The summed E-state index contributed by atoms with van der Waals surface area (Å²) in [6.07, 6.45) is 3.85. The third kappa shape index (κ3) is 6.68. The van der Waals surface area contributed by atoms with E-state index < -0.39 is 0 Å². The summed E-state index contributed by atoms with van der Waals surface area (Å²) in [6.45, 7) is 9.28. The van der Waals surface area contributed by atoms with Crippen LogP contribution in [0.2, 0.25) is 0 Å². The fourth-order valence-corrected chi connectivity index (χ4v) is 2.26. The molecule has 0 saturated carbocycles. The van der Waals surface area contributed by atoms with Gasteiger partial charge in [-0.05, 0) is 39.5 Å². The van der Waals surface area contributed by atoms with Gasteiger partial charge in [-0.2, -0.15) is 0 Å². The quantitative estimate of drug-likeness (QED) is 0.657. The molecule has 1 amide bonds. The lowest BCUT2D eigenvalue weighted by molar-refractivity contribution is -0.124. The second-order valence-electron chi connectivity index (χ2n) is 6.21.